The first-order valence-electron chi connectivity index (χ1n) is 6.87. The zero-order valence-electron chi connectivity index (χ0n) is 12.1. The van der Waals surface area contributed by atoms with Gasteiger partial charge in [-0.05, 0) is 37.1 Å². The molecule has 0 unspecified atom stereocenters. The predicted octanol–water partition coefficient (Wildman–Crippen LogP) is 2.08. The molecule has 1 amide bonds. The van der Waals surface area contributed by atoms with Crippen molar-refractivity contribution in [2.24, 2.45) is 11.7 Å². The molecule has 1 rings (SSSR count). The van der Waals surface area contributed by atoms with Crippen LogP contribution >= 0.6 is 0 Å². The molecule has 0 heterocycles. The molecule has 0 bridgehead atoms. The van der Waals surface area contributed by atoms with Crippen LogP contribution in [0.3, 0.4) is 0 Å². The summed E-state index contributed by atoms with van der Waals surface area (Å²) in [7, 11) is 0. The Bertz CT molecular complexity index is 436. The van der Waals surface area contributed by atoms with Gasteiger partial charge in [-0.3, -0.25) is 4.79 Å². The lowest BCUT2D eigenvalue weighted by Crippen LogP contribution is -2.18. The number of nitrogens with two attached hydrogens (primary N) is 1. The number of ether oxygens (including phenoxy) is 1. The molecule has 20 heavy (non-hydrogen) atoms. The maximum atomic E-state index is 13.5. The van der Waals surface area contributed by atoms with Crippen molar-refractivity contribution in [3.05, 3.63) is 35.1 Å². The van der Waals surface area contributed by atoms with Crippen LogP contribution in [0.2, 0.25) is 0 Å². The number of benzene rings is 1. The van der Waals surface area contributed by atoms with Crippen LogP contribution in [0.4, 0.5) is 4.39 Å². The Labute approximate surface area is 119 Å². The zero-order valence-corrected chi connectivity index (χ0v) is 12.1. The number of rotatable bonds is 9. The Morgan fingerprint density at radius 2 is 2.20 bits per heavy atom. The van der Waals surface area contributed by atoms with E-state index in [-0.39, 0.29) is 5.82 Å². The number of carbonyl (C=O) groups excluding carboxylic acids is 1. The van der Waals surface area contributed by atoms with E-state index in [2.05, 4.69) is 19.2 Å². The van der Waals surface area contributed by atoms with Crippen molar-refractivity contribution >= 4 is 5.91 Å². The maximum absolute atomic E-state index is 13.5. The predicted molar refractivity (Wildman–Crippen MR) is 76.9 cm³/mol. The normalized spacial score (nSPS) is 11.0. The molecular weight excluding hydrogens is 259 g/mol. The van der Waals surface area contributed by atoms with Gasteiger partial charge in [-0.2, -0.15) is 0 Å². The molecule has 3 N–H and O–H groups in total. The number of hydrogen-bond donors (Lipinski definition) is 2. The highest BCUT2D eigenvalue weighted by molar-refractivity contribution is 5.92. The summed E-state index contributed by atoms with van der Waals surface area (Å²) in [6.45, 7) is 6.76. The summed E-state index contributed by atoms with van der Waals surface area (Å²) >= 11 is 0. The second kappa shape index (κ2) is 8.66. The number of amides is 1. The topological polar surface area (TPSA) is 64.3 Å². The second-order valence-electron chi connectivity index (χ2n) is 5.17. The van der Waals surface area contributed by atoms with Crippen LogP contribution < -0.4 is 11.1 Å². The molecule has 0 radical (unpaired) electrons. The fraction of sp³-hybridized carbons (Fsp3) is 0.533. The average molecular weight is 282 g/mol. The van der Waals surface area contributed by atoms with E-state index < -0.39 is 5.91 Å². The van der Waals surface area contributed by atoms with Crippen LogP contribution in [-0.4, -0.2) is 25.7 Å². The van der Waals surface area contributed by atoms with E-state index in [9.17, 15) is 9.18 Å². The fourth-order valence-electron chi connectivity index (χ4n) is 1.70. The summed E-state index contributed by atoms with van der Waals surface area (Å²) in [6, 6.07) is 4.14. The van der Waals surface area contributed by atoms with E-state index in [1.807, 2.05) is 0 Å². The van der Waals surface area contributed by atoms with Crippen molar-refractivity contribution in [2.75, 3.05) is 19.8 Å². The minimum atomic E-state index is -0.548. The van der Waals surface area contributed by atoms with E-state index in [1.54, 1.807) is 0 Å². The van der Waals surface area contributed by atoms with Crippen LogP contribution in [-0.2, 0) is 11.3 Å². The Balaban J connectivity index is 2.28. The van der Waals surface area contributed by atoms with E-state index in [4.69, 9.17) is 10.5 Å². The van der Waals surface area contributed by atoms with Gasteiger partial charge in [0.15, 0.2) is 0 Å². The molecule has 112 valence electrons. The fourth-order valence-corrected chi connectivity index (χ4v) is 1.70. The van der Waals surface area contributed by atoms with Gasteiger partial charge >= 0.3 is 0 Å². The van der Waals surface area contributed by atoms with Crippen molar-refractivity contribution in [1.29, 1.82) is 0 Å². The molecule has 0 saturated heterocycles. The lowest BCUT2D eigenvalue weighted by molar-refractivity contribution is 0.1000. The molecule has 4 nitrogen and oxygen atoms in total. The molecule has 1 aromatic rings. The lowest BCUT2D eigenvalue weighted by atomic mass is 10.1. The number of carbonyl (C=O) groups is 1. The molecule has 0 spiro atoms. The van der Waals surface area contributed by atoms with E-state index in [1.165, 1.54) is 18.2 Å². The molecule has 0 fully saturated rings. The molecule has 1 aromatic carbocycles. The Morgan fingerprint density at radius 3 is 2.85 bits per heavy atom. The van der Waals surface area contributed by atoms with Gasteiger partial charge in [-0.15, -0.1) is 0 Å². The summed E-state index contributed by atoms with van der Waals surface area (Å²) in [5, 5.41) is 3.12. The average Bonchev–Trinajstić information content (AvgIpc) is 2.38. The highest BCUT2D eigenvalue weighted by Gasteiger charge is 2.06. The highest BCUT2D eigenvalue weighted by Crippen LogP contribution is 2.10. The Morgan fingerprint density at radius 1 is 1.45 bits per heavy atom. The van der Waals surface area contributed by atoms with Gasteiger partial charge < -0.3 is 15.8 Å². The van der Waals surface area contributed by atoms with Gasteiger partial charge in [0.1, 0.15) is 5.82 Å². The summed E-state index contributed by atoms with van der Waals surface area (Å²) < 4.78 is 19.0. The molecule has 0 aromatic heterocycles. The van der Waals surface area contributed by atoms with Crippen LogP contribution in [0, 0.1) is 11.7 Å². The van der Waals surface area contributed by atoms with Crippen LogP contribution in [0.25, 0.3) is 0 Å². The summed E-state index contributed by atoms with van der Waals surface area (Å²) in [4.78, 5) is 11.0. The molecular formula is C15H23FN2O2. The van der Waals surface area contributed by atoms with Gasteiger partial charge in [0.05, 0.1) is 0 Å². The molecule has 5 heteroatoms. The van der Waals surface area contributed by atoms with Crippen molar-refractivity contribution in [3.8, 4) is 0 Å². The minimum absolute atomic E-state index is 0.323. The zero-order chi connectivity index (χ0) is 15.0. The van der Waals surface area contributed by atoms with Gasteiger partial charge in [0.2, 0.25) is 5.91 Å². The number of hydrogen-bond acceptors (Lipinski definition) is 3. The van der Waals surface area contributed by atoms with E-state index in [0.29, 0.717) is 30.2 Å². The maximum Gasteiger partial charge on any atom is 0.248 e. The molecule has 0 aliphatic heterocycles. The first-order valence-corrected chi connectivity index (χ1v) is 6.87. The minimum Gasteiger partial charge on any atom is -0.381 e. The molecule has 0 atom stereocenters. The third-order valence-corrected chi connectivity index (χ3v) is 2.74. The monoisotopic (exact) mass is 282 g/mol. The van der Waals surface area contributed by atoms with Crippen LogP contribution in [0.15, 0.2) is 18.2 Å². The summed E-state index contributed by atoms with van der Waals surface area (Å²) in [5.74, 6) is -0.347. The third-order valence-electron chi connectivity index (χ3n) is 2.74. The number of halogens is 1. The first-order chi connectivity index (χ1) is 9.50. The van der Waals surface area contributed by atoms with E-state index >= 15 is 0 Å². The summed E-state index contributed by atoms with van der Waals surface area (Å²) in [5.41, 5.74) is 5.94. The van der Waals surface area contributed by atoms with Gasteiger partial charge in [-0.25, -0.2) is 4.39 Å². The van der Waals surface area contributed by atoms with E-state index in [0.717, 1.165) is 19.6 Å². The van der Waals surface area contributed by atoms with Crippen molar-refractivity contribution in [3.63, 3.8) is 0 Å². The van der Waals surface area contributed by atoms with Gasteiger partial charge in [-0.1, -0.05) is 13.8 Å². The highest BCUT2D eigenvalue weighted by atomic mass is 19.1. The standard InChI is InChI=1S/C15H23FN2O2/c1-11(2)10-20-7-3-6-18-9-13-8-12(15(17)19)4-5-14(13)16/h4-5,8,11,18H,3,6-7,9-10H2,1-2H3,(H2,17,19). The van der Waals surface area contributed by atoms with Crippen molar-refractivity contribution in [1.82, 2.24) is 5.32 Å². The van der Waals surface area contributed by atoms with Crippen molar-refractivity contribution in [2.45, 2.75) is 26.8 Å². The second-order valence-corrected chi connectivity index (χ2v) is 5.17. The Hall–Kier alpha value is -1.46. The molecule has 0 saturated carbocycles. The van der Waals surface area contributed by atoms with Gasteiger partial charge in [0.25, 0.3) is 0 Å². The van der Waals surface area contributed by atoms with Gasteiger partial charge in [0, 0.05) is 30.9 Å². The molecule has 0 aliphatic rings. The first kappa shape index (κ1) is 16.6. The Kier molecular flexibility index (Phi) is 7.18. The van der Waals surface area contributed by atoms with Crippen LogP contribution in [0.1, 0.15) is 36.2 Å². The molecule has 0 aliphatic carbocycles. The SMILES string of the molecule is CC(C)COCCCNCc1cc(C(N)=O)ccc1F. The third kappa shape index (κ3) is 6.12. The number of primary amides is 1. The van der Waals surface area contributed by atoms with Crippen molar-refractivity contribution < 1.29 is 13.9 Å². The summed E-state index contributed by atoms with van der Waals surface area (Å²) in [6.07, 6.45) is 0.865. The quantitative estimate of drug-likeness (QED) is 0.682. The lowest BCUT2D eigenvalue weighted by Gasteiger charge is -2.09. The van der Waals surface area contributed by atoms with Crippen LogP contribution in [0.5, 0.6) is 0 Å². The number of nitrogens with one attached hydrogen (secondary N) is 1. The smallest absolute Gasteiger partial charge is 0.248 e. The largest absolute Gasteiger partial charge is 0.381 e.